The van der Waals surface area contributed by atoms with E-state index in [9.17, 15) is 4.79 Å². The lowest BCUT2D eigenvalue weighted by atomic mass is 9.78. The molecule has 4 aromatic rings. The molecule has 5 rings (SSSR count). The molecule has 9 nitrogen and oxygen atoms in total. The van der Waals surface area contributed by atoms with Crippen molar-refractivity contribution in [2.75, 3.05) is 0 Å². The van der Waals surface area contributed by atoms with Crippen LogP contribution in [0.1, 0.15) is 43.5 Å². The van der Waals surface area contributed by atoms with E-state index < -0.39 is 5.41 Å². The summed E-state index contributed by atoms with van der Waals surface area (Å²) in [4.78, 5) is 14.0. The molecule has 0 aliphatic carbocycles. The van der Waals surface area contributed by atoms with E-state index in [1.165, 1.54) is 0 Å². The first kappa shape index (κ1) is 23.6. The molecule has 186 valence electrons. The summed E-state index contributed by atoms with van der Waals surface area (Å²) < 4.78 is 5.90. The zero-order valence-electron chi connectivity index (χ0n) is 21.0. The van der Waals surface area contributed by atoms with Gasteiger partial charge in [0.15, 0.2) is 5.82 Å². The molecule has 2 N–H and O–H groups in total. The lowest BCUT2D eigenvalue weighted by Crippen LogP contribution is -2.36. The average molecular weight is 485 g/mol. The van der Waals surface area contributed by atoms with Crippen LogP contribution in [0.3, 0.4) is 0 Å². The molecule has 0 saturated heterocycles. The summed E-state index contributed by atoms with van der Waals surface area (Å²) in [7, 11) is 0. The number of hydrogen-bond donors (Lipinski definition) is 2. The zero-order chi connectivity index (χ0) is 25.1. The Balaban J connectivity index is 1.63. The number of allylic oxidation sites excluding steroid dienone is 2. The first-order chi connectivity index (χ1) is 17.6. The van der Waals surface area contributed by atoms with Crippen LogP contribution >= 0.6 is 0 Å². The fraction of sp³-hybridized carbons (Fsp3) is 0.333. The maximum atomic E-state index is 14.0. The second-order valence-electron chi connectivity index (χ2n) is 9.28. The molecule has 4 heterocycles. The Morgan fingerprint density at radius 3 is 2.67 bits per heavy atom. The average Bonchev–Trinajstić information content (AvgIpc) is 3.64. The Morgan fingerprint density at radius 2 is 1.94 bits per heavy atom. The fourth-order valence-electron chi connectivity index (χ4n) is 4.96. The summed E-state index contributed by atoms with van der Waals surface area (Å²) in [6, 6.07) is 10.2. The van der Waals surface area contributed by atoms with Crippen LogP contribution in [0, 0.1) is 6.92 Å². The SMILES string of the molecule is CCCCc1cn(-c2c(C)ccn2CC)c(=O)n1CC1(c2cccc(-c3nnn[nH]3)c2)C=CNC=C1. The van der Waals surface area contributed by atoms with Gasteiger partial charge in [0, 0.05) is 36.7 Å². The summed E-state index contributed by atoms with van der Waals surface area (Å²) in [5, 5.41) is 17.5. The maximum Gasteiger partial charge on any atom is 0.334 e. The highest BCUT2D eigenvalue weighted by atomic mass is 16.1. The summed E-state index contributed by atoms with van der Waals surface area (Å²) in [6.45, 7) is 7.61. The standard InChI is InChI=1S/C27H32N8O/c1-4-6-10-23-18-34(25-20(3)11-16-33(25)5-2)26(36)35(23)19-27(12-14-28-15-13-27)22-9-7-8-21(17-22)24-29-31-32-30-24/h7-9,11-18,28H,4-6,10,19H2,1-3H3,(H,29,30,31,32). The van der Waals surface area contributed by atoms with Crippen LogP contribution in [0.4, 0.5) is 0 Å². The van der Waals surface area contributed by atoms with Gasteiger partial charge in [-0.25, -0.2) is 9.89 Å². The van der Waals surface area contributed by atoms with Gasteiger partial charge in [-0.2, -0.15) is 0 Å². The van der Waals surface area contributed by atoms with Gasteiger partial charge >= 0.3 is 5.69 Å². The Morgan fingerprint density at radius 1 is 1.11 bits per heavy atom. The molecule has 0 unspecified atom stereocenters. The van der Waals surface area contributed by atoms with Crippen molar-refractivity contribution in [2.24, 2.45) is 0 Å². The number of tetrazole rings is 1. The second kappa shape index (κ2) is 9.85. The first-order valence-corrected chi connectivity index (χ1v) is 12.5. The molecule has 36 heavy (non-hydrogen) atoms. The third-order valence-corrected chi connectivity index (χ3v) is 6.94. The van der Waals surface area contributed by atoms with Crippen LogP contribution in [0.2, 0.25) is 0 Å². The number of rotatable bonds is 9. The van der Waals surface area contributed by atoms with E-state index in [2.05, 4.69) is 81.6 Å². The number of unbranched alkanes of at least 4 members (excludes halogenated alkanes) is 1. The number of dihydropyridines is 1. The van der Waals surface area contributed by atoms with Crippen molar-refractivity contribution < 1.29 is 0 Å². The second-order valence-corrected chi connectivity index (χ2v) is 9.28. The quantitative estimate of drug-likeness (QED) is 0.376. The van der Waals surface area contributed by atoms with E-state index in [0.29, 0.717) is 12.4 Å². The van der Waals surface area contributed by atoms with Gasteiger partial charge in [-0.15, -0.1) is 5.10 Å². The van der Waals surface area contributed by atoms with Crippen molar-refractivity contribution in [3.05, 3.63) is 94.6 Å². The lowest BCUT2D eigenvalue weighted by molar-refractivity contribution is 0.495. The summed E-state index contributed by atoms with van der Waals surface area (Å²) in [6.07, 6.45) is 15.1. The van der Waals surface area contributed by atoms with Crippen molar-refractivity contribution in [1.82, 2.24) is 39.6 Å². The topological polar surface area (TPSA) is 98.3 Å². The number of aromatic amines is 1. The number of imidazole rings is 1. The van der Waals surface area contributed by atoms with E-state index in [1.807, 2.05) is 46.1 Å². The van der Waals surface area contributed by atoms with Crippen LogP contribution in [0.25, 0.3) is 17.2 Å². The van der Waals surface area contributed by atoms with E-state index in [-0.39, 0.29) is 5.69 Å². The van der Waals surface area contributed by atoms with Crippen LogP contribution in [-0.4, -0.2) is 34.3 Å². The molecule has 0 saturated carbocycles. The van der Waals surface area contributed by atoms with E-state index in [4.69, 9.17) is 0 Å². The fourth-order valence-corrected chi connectivity index (χ4v) is 4.96. The molecule has 0 spiro atoms. The molecule has 1 aliphatic heterocycles. The van der Waals surface area contributed by atoms with Crippen LogP contribution in [-0.2, 0) is 24.9 Å². The molecule has 9 heteroatoms. The van der Waals surface area contributed by atoms with Crippen LogP contribution in [0.5, 0.6) is 0 Å². The molecule has 3 aromatic heterocycles. The van der Waals surface area contributed by atoms with Crippen molar-refractivity contribution >= 4 is 0 Å². The van der Waals surface area contributed by atoms with E-state index in [0.717, 1.165) is 54.0 Å². The van der Waals surface area contributed by atoms with Gasteiger partial charge in [-0.05, 0) is 72.8 Å². The van der Waals surface area contributed by atoms with E-state index in [1.54, 1.807) is 0 Å². The zero-order valence-corrected chi connectivity index (χ0v) is 21.0. The predicted octanol–water partition coefficient (Wildman–Crippen LogP) is 3.86. The number of aryl methyl sites for hydroxylation is 3. The molecular weight excluding hydrogens is 452 g/mol. The van der Waals surface area contributed by atoms with Crippen molar-refractivity contribution in [1.29, 1.82) is 0 Å². The minimum atomic E-state index is -0.520. The smallest absolute Gasteiger partial charge is 0.334 e. The number of H-pyrrole nitrogens is 1. The summed E-state index contributed by atoms with van der Waals surface area (Å²) in [5.74, 6) is 1.54. The Kier molecular flexibility index (Phi) is 6.45. The monoisotopic (exact) mass is 484 g/mol. The molecule has 1 aliphatic rings. The molecule has 0 atom stereocenters. The molecule has 0 bridgehead atoms. The van der Waals surface area contributed by atoms with Gasteiger partial charge < -0.3 is 9.88 Å². The van der Waals surface area contributed by atoms with Gasteiger partial charge in [0.05, 0.1) is 5.41 Å². The minimum absolute atomic E-state index is 0.0205. The first-order valence-electron chi connectivity index (χ1n) is 12.5. The van der Waals surface area contributed by atoms with Gasteiger partial charge in [0.2, 0.25) is 0 Å². The highest BCUT2D eigenvalue weighted by Gasteiger charge is 2.31. The van der Waals surface area contributed by atoms with Gasteiger partial charge in [0.1, 0.15) is 5.82 Å². The van der Waals surface area contributed by atoms with Crippen LogP contribution < -0.4 is 11.0 Å². The highest BCUT2D eigenvalue weighted by molar-refractivity contribution is 5.57. The Labute approximate surface area is 210 Å². The number of hydrogen-bond acceptors (Lipinski definition) is 5. The van der Waals surface area contributed by atoms with Crippen molar-refractivity contribution in [3.63, 3.8) is 0 Å². The Bertz CT molecular complexity index is 1440. The molecule has 0 radical (unpaired) electrons. The third kappa shape index (κ3) is 4.21. The Hall–Kier alpha value is -4.14. The molecule has 0 fully saturated rings. The van der Waals surface area contributed by atoms with Crippen LogP contribution in [0.15, 0.2) is 72.1 Å². The normalized spacial score (nSPS) is 14.3. The summed E-state index contributed by atoms with van der Waals surface area (Å²) in [5.41, 5.74) is 3.54. The highest BCUT2D eigenvalue weighted by Crippen LogP contribution is 2.33. The number of benzene rings is 1. The molecule has 0 amide bonds. The maximum absolute atomic E-state index is 14.0. The van der Waals surface area contributed by atoms with Crippen molar-refractivity contribution in [3.8, 4) is 17.2 Å². The largest absolute Gasteiger partial charge is 0.368 e. The van der Waals surface area contributed by atoms with Gasteiger partial charge in [-0.1, -0.05) is 43.7 Å². The number of aromatic nitrogens is 7. The lowest BCUT2D eigenvalue weighted by Gasteiger charge is -2.31. The number of nitrogens with zero attached hydrogens (tertiary/aromatic N) is 6. The molecular formula is C27H32N8O. The summed E-state index contributed by atoms with van der Waals surface area (Å²) >= 11 is 0. The third-order valence-electron chi connectivity index (χ3n) is 6.94. The van der Waals surface area contributed by atoms with Gasteiger partial charge in [0.25, 0.3) is 0 Å². The van der Waals surface area contributed by atoms with E-state index >= 15 is 0 Å². The number of nitrogens with one attached hydrogen (secondary N) is 2. The minimum Gasteiger partial charge on any atom is -0.368 e. The van der Waals surface area contributed by atoms with Crippen molar-refractivity contribution in [2.45, 2.75) is 58.5 Å². The van der Waals surface area contributed by atoms with Gasteiger partial charge in [-0.3, -0.25) is 9.13 Å². The molecule has 1 aromatic carbocycles. The predicted molar refractivity (Wildman–Crippen MR) is 140 cm³/mol.